The number of nitrogens with zero attached hydrogens (tertiary/aromatic N) is 2. The van der Waals surface area contributed by atoms with Crippen molar-refractivity contribution >= 4 is 5.97 Å². The third-order valence-corrected chi connectivity index (χ3v) is 2.42. The Balaban J connectivity index is 2.84. The van der Waals surface area contributed by atoms with E-state index in [-0.39, 0.29) is 5.97 Å². The minimum absolute atomic E-state index is 0.336. The van der Waals surface area contributed by atoms with Crippen molar-refractivity contribution in [2.45, 2.75) is 27.3 Å². The Hall–Kier alpha value is -1.36. The highest BCUT2D eigenvalue weighted by Crippen LogP contribution is 2.13. The highest BCUT2D eigenvalue weighted by molar-refractivity contribution is 5.91. The predicted octanol–water partition coefficient (Wildman–Crippen LogP) is 1.32. The van der Waals surface area contributed by atoms with Crippen molar-refractivity contribution in [3.8, 4) is 0 Å². The van der Waals surface area contributed by atoms with Crippen LogP contribution >= 0.6 is 0 Å². The van der Waals surface area contributed by atoms with Gasteiger partial charge in [-0.25, -0.2) is 4.79 Å². The Morgan fingerprint density at radius 2 is 2.12 bits per heavy atom. The average Bonchev–Trinajstić information content (AvgIpc) is 2.54. The lowest BCUT2D eigenvalue weighted by Crippen LogP contribution is -2.10. The second-order valence-electron chi connectivity index (χ2n) is 3.46. The van der Waals surface area contributed by atoms with E-state index in [9.17, 15) is 4.79 Å². The topological polar surface area (TPSA) is 53.4 Å². The molecule has 1 heterocycles. The molecule has 0 atom stereocenters. The van der Waals surface area contributed by atoms with E-state index < -0.39 is 0 Å². The molecule has 1 rings (SSSR count). The fourth-order valence-corrected chi connectivity index (χ4v) is 1.61. The number of aromatic nitrogens is 2. The van der Waals surface area contributed by atoms with Gasteiger partial charge in [-0.15, -0.1) is 0 Å². The lowest BCUT2D eigenvalue weighted by molar-refractivity contribution is 0.0598. The molecule has 0 aliphatic rings. The van der Waals surface area contributed by atoms with E-state index >= 15 is 0 Å². The summed E-state index contributed by atoms with van der Waals surface area (Å²) >= 11 is 0. The Kier molecular flexibility index (Phi) is 4.49. The zero-order valence-corrected chi connectivity index (χ0v) is 10.2. The molecule has 0 fully saturated rings. The van der Waals surface area contributed by atoms with Crippen molar-refractivity contribution in [1.29, 1.82) is 0 Å². The molecular formula is C11H18N2O3. The van der Waals surface area contributed by atoms with Crippen molar-refractivity contribution in [2.24, 2.45) is 0 Å². The highest BCUT2D eigenvalue weighted by atomic mass is 16.5. The van der Waals surface area contributed by atoms with E-state index in [2.05, 4.69) is 5.10 Å². The molecule has 0 saturated heterocycles. The maximum absolute atomic E-state index is 11.5. The number of esters is 1. The van der Waals surface area contributed by atoms with Gasteiger partial charge in [-0.3, -0.25) is 4.68 Å². The van der Waals surface area contributed by atoms with Gasteiger partial charge in [0.2, 0.25) is 0 Å². The molecule has 5 heteroatoms. The second kappa shape index (κ2) is 5.65. The van der Waals surface area contributed by atoms with Gasteiger partial charge in [-0.05, 0) is 20.8 Å². The standard InChI is InChI=1S/C11H18N2O3/c1-5-16-7-6-13-9(3)10(8(2)12-13)11(14)15-4/h5-7H2,1-4H3. The zero-order chi connectivity index (χ0) is 12.1. The molecule has 1 aromatic heterocycles. The van der Waals surface area contributed by atoms with Crippen LogP contribution in [-0.4, -0.2) is 36.1 Å². The molecule has 0 saturated carbocycles. The van der Waals surface area contributed by atoms with Crippen LogP contribution < -0.4 is 0 Å². The number of aryl methyl sites for hydroxylation is 1. The first-order valence-corrected chi connectivity index (χ1v) is 5.31. The summed E-state index contributed by atoms with van der Waals surface area (Å²) in [6.07, 6.45) is 0. The molecule has 0 N–H and O–H groups in total. The minimum atomic E-state index is -0.336. The summed E-state index contributed by atoms with van der Waals surface area (Å²) in [6, 6.07) is 0. The molecule has 0 bridgehead atoms. The molecule has 0 aliphatic heterocycles. The molecular weight excluding hydrogens is 208 g/mol. The van der Waals surface area contributed by atoms with E-state index in [4.69, 9.17) is 9.47 Å². The molecule has 0 aliphatic carbocycles. The van der Waals surface area contributed by atoms with E-state index in [1.165, 1.54) is 7.11 Å². The second-order valence-corrected chi connectivity index (χ2v) is 3.46. The van der Waals surface area contributed by atoms with Gasteiger partial charge in [0.15, 0.2) is 0 Å². The Morgan fingerprint density at radius 3 is 2.69 bits per heavy atom. The molecule has 0 unspecified atom stereocenters. The van der Waals surface area contributed by atoms with Gasteiger partial charge in [0.25, 0.3) is 0 Å². The Morgan fingerprint density at radius 1 is 1.44 bits per heavy atom. The van der Waals surface area contributed by atoms with Crippen LogP contribution in [0.5, 0.6) is 0 Å². The third kappa shape index (κ3) is 2.61. The maximum atomic E-state index is 11.5. The number of hydrogen-bond acceptors (Lipinski definition) is 4. The predicted molar refractivity (Wildman–Crippen MR) is 59.5 cm³/mol. The summed E-state index contributed by atoms with van der Waals surface area (Å²) < 4.78 is 11.7. The fraction of sp³-hybridized carbons (Fsp3) is 0.636. The molecule has 0 aromatic carbocycles. The van der Waals surface area contributed by atoms with Gasteiger partial charge in [0.1, 0.15) is 5.56 Å². The highest BCUT2D eigenvalue weighted by Gasteiger charge is 2.18. The molecule has 5 nitrogen and oxygen atoms in total. The molecule has 90 valence electrons. The molecule has 0 spiro atoms. The molecule has 0 radical (unpaired) electrons. The van der Waals surface area contributed by atoms with E-state index in [1.807, 2.05) is 13.8 Å². The lowest BCUT2D eigenvalue weighted by atomic mass is 10.2. The average molecular weight is 226 g/mol. The van der Waals surface area contributed by atoms with Gasteiger partial charge >= 0.3 is 5.97 Å². The van der Waals surface area contributed by atoms with Crippen LogP contribution in [0, 0.1) is 13.8 Å². The SMILES string of the molecule is CCOCCn1nc(C)c(C(=O)OC)c1C. The lowest BCUT2D eigenvalue weighted by Gasteiger charge is -2.04. The summed E-state index contributed by atoms with van der Waals surface area (Å²) in [5.41, 5.74) is 2.07. The first-order chi connectivity index (χ1) is 7.61. The van der Waals surface area contributed by atoms with Crippen LogP contribution in [0.25, 0.3) is 0 Å². The Labute approximate surface area is 95.3 Å². The number of carbonyl (C=O) groups is 1. The number of hydrogen-bond donors (Lipinski definition) is 0. The smallest absolute Gasteiger partial charge is 0.341 e. The number of rotatable bonds is 5. The maximum Gasteiger partial charge on any atom is 0.341 e. The van der Waals surface area contributed by atoms with E-state index in [0.717, 1.165) is 5.69 Å². The number of methoxy groups -OCH3 is 1. The van der Waals surface area contributed by atoms with Crippen molar-refractivity contribution < 1.29 is 14.3 Å². The summed E-state index contributed by atoms with van der Waals surface area (Å²) in [5, 5.41) is 4.29. The van der Waals surface area contributed by atoms with Gasteiger partial charge in [0, 0.05) is 6.61 Å². The van der Waals surface area contributed by atoms with Gasteiger partial charge in [-0.2, -0.15) is 5.10 Å². The van der Waals surface area contributed by atoms with Crippen LogP contribution in [0.4, 0.5) is 0 Å². The molecule has 1 aromatic rings. The summed E-state index contributed by atoms with van der Waals surface area (Å²) in [5.74, 6) is -0.336. The quantitative estimate of drug-likeness (QED) is 0.561. The van der Waals surface area contributed by atoms with Crippen molar-refractivity contribution in [1.82, 2.24) is 9.78 Å². The van der Waals surface area contributed by atoms with Crippen molar-refractivity contribution in [2.75, 3.05) is 20.3 Å². The monoisotopic (exact) mass is 226 g/mol. The first-order valence-electron chi connectivity index (χ1n) is 5.31. The number of carbonyl (C=O) groups excluding carboxylic acids is 1. The first kappa shape index (κ1) is 12.7. The van der Waals surface area contributed by atoms with Gasteiger partial charge in [0.05, 0.1) is 31.6 Å². The molecule has 16 heavy (non-hydrogen) atoms. The molecule has 0 amide bonds. The summed E-state index contributed by atoms with van der Waals surface area (Å²) in [4.78, 5) is 11.5. The number of ether oxygens (including phenoxy) is 2. The Bertz CT molecular complexity index is 372. The van der Waals surface area contributed by atoms with Gasteiger partial charge < -0.3 is 9.47 Å². The van der Waals surface area contributed by atoms with E-state index in [1.54, 1.807) is 11.6 Å². The van der Waals surface area contributed by atoms with Crippen LogP contribution in [0.1, 0.15) is 28.7 Å². The van der Waals surface area contributed by atoms with Gasteiger partial charge in [-0.1, -0.05) is 0 Å². The van der Waals surface area contributed by atoms with Crippen LogP contribution in [0.3, 0.4) is 0 Å². The van der Waals surface area contributed by atoms with Crippen LogP contribution in [0.2, 0.25) is 0 Å². The normalized spacial score (nSPS) is 10.5. The summed E-state index contributed by atoms with van der Waals surface area (Å²) in [6.45, 7) is 7.54. The minimum Gasteiger partial charge on any atom is -0.465 e. The fourth-order valence-electron chi connectivity index (χ4n) is 1.61. The van der Waals surface area contributed by atoms with E-state index in [0.29, 0.717) is 31.0 Å². The summed E-state index contributed by atoms with van der Waals surface area (Å²) in [7, 11) is 1.37. The van der Waals surface area contributed by atoms with Crippen LogP contribution in [0.15, 0.2) is 0 Å². The third-order valence-electron chi connectivity index (χ3n) is 2.42. The van der Waals surface area contributed by atoms with Crippen LogP contribution in [-0.2, 0) is 16.0 Å². The zero-order valence-electron chi connectivity index (χ0n) is 10.2. The van der Waals surface area contributed by atoms with Crippen molar-refractivity contribution in [3.63, 3.8) is 0 Å². The van der Waals surface area contributed by atoms with Crippen molar-refractivity contribution in [3.05, 3.63) is 17.0 Å². The largest absolute Gasteiger partial charge is 0.465 e.